The molecule has 1 N–H and O–H groups in total. The maximum Gasteiger partial charge on any atom is 0.336 e. The predicted octanol–water partition coefficient (Wildman–Crippen LogP) is 2.81. The van der Waals surface area contributed by atoms with Gasteiger partial charge in [-0.15, -0.1) is 0 Å². The summed E-state index contributed by atoms with van der Waals surface area (Å²) < 4.78 is 5.73. The highest BCUT2D eigenvalue weighted by atomic mass is 16.5. The number of ether oxygens (including phenoxy) is 1. The summed E-state index contributed by atoms with van der Waals surface area (Å²) in [6.07, 6.45) is 4.78. The van der Waals surface area contributed by atoms with Gasteiger partial charge in [0.2, 0.25) is 0 Å². The monoisotopic (exact) mass is 239 g/mol. The van der Waals surface area contributed by atoms with Crippen LogP contribution in [0, 0.1) is 0 Å². The second-order valence-electron chi connectivity index (χ2n) is 3.87. The molecule has 2 aromatic rings. The number of nitrogens with zero attached hydrogens (tertiary/aromatic N) is 1. The zero-order valence-electron chi connectivity index (χ0n) is 9.33. The summed E-state index contributed by atoms with van der Waals surface area (Å²) >= 11 is 0. The summed E-state index contributed by atoms with van der Waals surface area (Å²) in [6.45, 7) is 0. The molecule has 0 spiro atoms. The van der Waals surface area contributed by atoms with Gasteiger partial charge in [-0.2, -0.15) is 0 Å². The molecule has 0 atom stereocenters. The molecule has 0 saturated carbocycles. The van der Waals surface area contributed by atoms with Crippen LogP contribution >= 0.6 is 0 Å². The molecule has 0 unspecified atom stereocenters. The van der Waals surface area contributed by atoms with E-state index in [1.165, 1.54) is 0 Å². The van der Waals surface area contributed by atoms with E-state index in [-0.39, 0.29) is 5.57 Å². The van der Waals surface area contributed by atoms with Crippen molar-refractivity contribution in [3.05, 3.63) is 53.9 Å². The van der Waals surface area contributed by atoms with Gasteiger partial charge in [-0.3, -0.25) is 4.98 Å². The Balaban J connectivity index is 2.29. The fraction of sp³-hybridized carbons (Fsp3) is 0. The number of fused-ring (bicyclic) bond motifs is 2. The van der Waals surface area contributed by atoms with Crippen molar-refractivity contribution in [1.29, 1.82) is 0 Å². The predicted molar refractivity (Wildman–Crippen MR) is 66.3 cm³/mol. The smallest absolute Gasteiger partial charge is 0.336 e. The first-order chi connectivity index (χ1) is 8.75. The third-order valence-electron chi connectivity index (χ3n) is 2.74. The van der Waals surface area contributed by atoms with Crippen LogP contribution in [0.5, 0.6) is 11.5 Å². The Labute approximate surface area is 103 Å². The molecule has 0 amide bonds. The van der Waals surface area contributed by atoms with Gasteiger partial charge in [-0.25, -0.2) is 4.79 Å². The van der Waals surface area contributed by atoms with E-state index in [0.717, 1.165) is 0 Å². The first kappa shape index (κ1) is 10.5. The zero-order valence-corrected chi connectivity index (χ0v) is 9.33. The van der Waals surface area contributed by atoms with E-state index in [4.69, 9.17) is 4.74 Å². The van der Waals surface area contributed by atoms with Crippen molar-refractivity contribution >= 4 is 17.6 Å². The number of hydrogen-bond donors (Lipinski definition) is 1. The average Bonchev–Trinajstić information content (AvgIpc) is 2.55. The summed E-state index contributed by atoms with van der Waals surface area (Å²) in [5, 5.41) is 9.29. The van der Waals surface area contributed by atoms with Gasteiger partial charge in [0.1, 0.15) is 11.5 Å². The Hall–Kier alpha value is -2.62. The maximum absolute atomic E-state index is 11.3. The van der Waals surface area contributed by atoms with Crippen molar-refractivity contribution < 1.29 is 14.6 Å². The largest absolute Gasteiger partial charge is 0.478 e. The van der Waals surface area contributed by atoms with Crippen LogP contribution < -0.4 is 4.74 Å². The second kappa shape index (κ2) is 4.00. The molecule has 0 bridgehead atoms. The quantitative estimate of drug-likeness (QED) is 0.831. The number of carbonyl (C=O) groups is 1. The summed E-state index contributed by atoms with van der Waals surface area (Å²) in [4.78, 5) is 15.3. The molecule has 1 aliphatic rings. The summed E-state index contributed by atoms with van der Waals surface area (Å²) in [5.41, 5.74) is 1.43. The van der Waals surface area contributed by atoms with Gasteiger partial charge in [-0.1, -0.05) is 18.2 Å². The molecule has 0 aliphatic carbocycles. The van der Waals surface area contributed by atoms with E-state index >= 15 is 0 Å². The van der Waals surface area contributed by atoms with Gasteiger partial charge in [0.05, 0.1) is 5.57 Å². The lowest BCUT2D eigenvalue weighted by Gasteiger charge is -2.08. The van der Waals surface area contributed by atoms with Crippen LogP contribution in [-0.4, -0.2) is 16.1 Å². The SMILES string of the molecule is O=C(O)C1=Cc2cnccc2Oc2ccccc21. The van der Waals surface area contributed by atoms with Crippen molar-refractivity contribution in [3.8, 4) is 11.5 Å². The van der Waals surface area contributed by atoms with E-state index in [2.05, 4.69) is 4.98 Å². The Morgan fingerprint density at radius 1 is 1.17 bits per heavy atom. The lowest BCUT2D eigenvalue weighted by molar-refractivity contribution is -0.130. The van der Waals surface area contributed by atoms with Gasteiger partial charge in [0.15, 0.2) is 0 Å². The highest BCUT2D eigenvalue weighted by Gasteiger charge is 2.20. The zero-order chi connectivity index (χ0) is 12.5. The van der Waals surface area contributed by atoms with E-state index in [0.29, 0.717) is 22.6 Å². The van der Waals surface area contributed by atoms with Crippen LogP contribution in [0.25, 0.3) is 11.6 Å². The van der Waals surface area contributed by atoms with Crippen molar-refractivity contribution in [2.45, 2.75) is 0 Å². The van der Waals surface area contributed by atoms with Crippen molar-refractivity contribution in [2.75, 3.05) is 0 Å². The maximum atomic E-state index is 11.3. The molecule has 4 heteroatoms. The fourth-order valence-corrected chi connectivity index (χ4v) is 1.90. The van der Waals surface area contributed by atoms with E-state index in [1.807, 2.05) is 6.07 Å². The van der Waals surface area contributed by atoms with E-state index < -0.39 is 5.97 Å². The van der Waals surface area contributed by atoms with Crippen LogP contribution in [0.15, 0.2) is 42.7 Å². The summed E-state index contributed by atoms with van der Waals surface area (Å²) in [6, 6.07) is 8.79. The molecule has 1 aliphatic heterocycles. The highest BCUT2D eigenvalue weighted by molar-refractivity contribution is 6.21. The number of aliphatic carboxylic acids is 1. The molecule has 1 aromatic heterocycles. The Kier molecular flexibility index (Phi) is 2.34. The van der Waals surface area contributed by atoms with Gasteiger partial charge in [0.25, 0.3) is 0 Å². The number of carboxylic acids is 1. The van der Waals surface area contributed by atoms with E-state index in [1.54, 1.807) is 42.7 Å². The van der Waals surface area contributed by atoms with Gasteiger partial charge in [0, 0.05) is 23.5 Å². The summed E-state index contributed by atoms with van der Waals surface area (Å²) in [7, 11) is 0. The molecule has 0 saturated heterocycles. The number of benzene rings is 1. The molecule has 3 rings (SSSR count). The average molecular weight is 239 g/mol. The van der Waals surface area contributed by atoms with Crippen molar-refractivity contribution in [3.63, 3.8) is 0 Å². The minimum absolute atomic E-state index is 0.206. The number of aromatic nitrogens is 1. The van der Waals surface area contributed by atoms with Crippen LogP contribution in [0.3, 0.4) is 0 Å². The van der Waals surface area contributed by atoms with Gasteiger partial charge >= 0.3 is 5.97 Å². The molecular weight excluding hydrogens is 230 g/mol. The normalized spacial score (nSPS) is 12.6. The van der Waals surface area contributed by atoms with Crippen molar-refractivity contribution in [1.82, 2.24) is 4.98 Å². The second-order valence-corrected chi connectivity index (χ2v) is 3.87. The Morgan fingerprint density at radius 3 is 2.83 bits per heavy atom. The third kappa shape index (κ3) is 1.64. The molecule has 0 fully saturated rings. The molecule has 88 valence electrons. The molecule has 18 heavy (non-hydrogen) atoms. The first-order valence-corrected chi connectivity index (χ1v) is 5.42. The molecular formula is C14H9NO3. The van der Waals surface area contributed by atoms with Crippen LogP contribution in [0.2, 0.25) is 0 Å². The number of carboxylic acid groups (broad SMARTS) is 1. The standard InChI is InChI=1S/C14H9NO3/c16-14(17)11-7-9-8-15-6-5-12(9)18-13-4-2-1-3-10(11)13/h1-8H,(H,16,17). The van der Waals surface area contributed by atoms with E-state index in [9.17, 15) is 9.90 Å². The molecule has 2 heterocycles. The van der Waals surface area contributed by atoms with Crippen LogP contribution in [-0.2, 0) is 4.79 Å². The summed E-state index contributed by atoms with van der Waals surface area (Å²) in [5.74, 6) is 0.160. The minimum atomic E-state index is -0.984. The van der Waals surface area contributed by atoms with Crippen LogP contribution in [0.4, 0.5) is 0 Å². The topological polar surface area (TPSA) is 59.4 Å². The molecule has 4 nitrogen and oxygen atoms in total. The highest BCUT2D eigenvalue weighted by Crippen LogP contribution is 2.37. The van der Waals surface area contributed by atoms with Gasteiger partial charge in [-0.05, 0) is 18.2 Å². The number of pyridine rings is 1. The Morgan fingerprint density at radius 2 is 2.00 bits per heavy atom. The minimum Gasteiger partial charge on any atom is -0.478 e. The molecule has 1 aromatic carbocycles. The third-order valence-corrected chi connectivity index (χ3v) is 2.74. The molecule has 0 radical (unpaired) electrons. The Bertz CT molecular complexity index is 662. The number of para-hydroxylation sites is 1. The first-order valence-electron chi connectivity index (χ1n) is 5.42. The van der Waals surface area contributed by atoms with Gasteiger partial charge < -0.3 is 9.84 Å². The lowest BCUT2D eigenvalue weighted by Crippen LogP contribution is -1.99. The van der Waals surface area contributed by atoms with Crippen molar-refractivity contribution in [2.24, 2.45) is 0 Å². The number of rotatable bonds is 1. The van der Waals surface area contributed by atoms with Crippen LogP contribution in [0.1, 0.15) is 11.1 Å². The number of hydrogen-bond acceptors (Lipinski definition) is 3. The fourth-order valence-electron chi connectivity index (χ4n) is 1.90. The lowest BCUT2D eigenvalue weighted by atomic mass is 10.0.